The molecule has 0 aliphatic rings. The Morgan fingerprint density at radius 3 is 2.30 bits per heavy atom. The van der Waals surface area contributed by atoms with Gasteiger partial charge in [0.05, 0.1) is 12.5 Å². The fourth-order valence-electron chi connectivity index (χ4n) is 1.94. The second-order valence-electron chi connectivity index (χ2n) is 5.18. The molecule has 0 spiro atoms. The second kappa shape index (κ2) is 8.38. The third kappa shape index (κ3) is 6.15. The van der Waals surface area contributed by atoms with Crippen molar-refractivity contribution in [3.8, 4) is 0 Å². The van der Waals surface area contributed by atoms with Crippen LogP contribution in [0.3, 0.4) is 0 Å². The molecule has 126 valence electrons. The van der Waals surface area contributed by atoms with E-state index in [1.165, 1.54) is 11.8 Å². The van der Waals surface area contributed by atoms with Gasteiger partial charge in [-0.05, 0) is 24.6 Å². The van der Waals surface area contributed by atoms with Gasteiger partial charge in [-0.1, -0.05) is 23.7 Å². The van der Waals surface area contributed by atoms with Crippen LogP contribution >= 0.6 is 11.6 Å². The number of primary amides is 1. The smallest absolute Gasteiger partial charge is 0.312 e. The fourth-order valence-corrected chi connectivity index (χ4v) is 2.07. The van der Waals surface area contributed by atoms with Crippen molar-refractivity contribution in [1.82, 2.24) is 10.2 Å². The van der Waals surface area contributed by atoms with E-state index in [1.807, 2.05) is 0 Å². The van der Waals surface area contributed by atoms with Gasteiger partial charge in [0.1, 0.15) is 0 Å². The molecule has 1 rings (SSSR count). The van der Waals surface area contributed by atoms with Crippen LogP contribution in [0.25, 0.3) is 0 Å². The predicted molar refractivity (Wildman–Crippen MR) is 85.8 cm³/mol. The van der Waals surface area contributed by atoms with Crippen LogP contribution in [0.2, 0.25) is 5.02 Å². The Labute approximate surface area is 139 Å². The minimum absolute atomic E-state index is 0.157. The summed E-state index contributed by atoms with van der Waals surface area (Å²) in [6.45, 7) is 1.49. The number of esters is 1. The van der Waals surface area contributed by atoms with Crippen LogP contribution in [0.1, 0.15) is 24.9 Å². The number of nitrogens with two attached hydrogens (primary N) is 1. The third-order valence-electron chi connectivity index (χ3n) is 3.06. The van der Waals surface area contributed by atoms with E-state index >= 15 is 0 Å². The highest BCUT2D eigenvalue weighted by molar-refractivity contribution is 6.30. The van der Waals surface area contributed by atoms with E-state index in [0.29, 0.717) is 10.6 Å². The molecule has 3 amide bonds. The normalized spacial score (nSPS) is 12.9. The first-order valence-corrected chi connectivity index (χ1v) is 7.30. The van der Waals surface area contributed by atoms with Gasteiger partial charge >= 0.3 is 12.0 Å². The number of nitrogens with one attached hydrogen (secondary N) is 1. The molecule has 0 unspecified atom stereocenters. The molecule has 0 radical (unpaired) electrons. The number of likely N-dealkylation sites (N-methyl/N-ethyl adjacent to an activating group) is 1. The average molecular weight is 342 g/mol. The highest BCUT2D eigenvalue weighted by atomic mass is 35.5. The summed E-state index contributed by atoms with van der Waals surface area (Å²) in [5, 5.41) is 3.00. The molecule has 2 atom stereocenters. The van der Waals surface area contributed by atoms with E-state index in [1.54, 1.807) is 38.4 Å². The zero-order chi connectivity index (χ0) is 17.6. The maximum absolute atomic E-state index is 12.0. The first-order chi connectivity index (χ1) is 10.7. The third-order valence-corrected chi connectivity index (χ3v) is 3.31. The Balaban J connectivity index is 2.77. The number of rotatable bonds is 6. The number of carbonyl (C=O) groups is 3. The molecule has 0 aromatic heterocycles. The number of nitrogens with zero attached hydrogens (tertiary/aromatic N) is 1. The van der Waals surface area contributed by atoms with Crippen molar-refractivity contribution in [3.63, 3.8) is 0 Å². The number of amides is 3. The minimum Gasteiger partial charge on any atom is -0.452 e. The van der Waals surface area contributed by atoms with E-state index in [2.05, 4.69) is 5.32 Å². The predicted octanol–water partition coefficient (Wildman–Crippen LogP) is 1.46. The Bertz CT molecular complexity index is 575. The number of urea groups is 1. The lowest BCUT2D eigenvalue weighted by Gasteiger charge is -2.20. The SMILES string of the molecule is C[C@H](OC(=O)C[C@H](NC(N)=O)c1ccc(Cl)cc1)C(=O)N(C)C. The van der Waals surface area contributed by atoms with Crippen molar-refractivity contribution in [1.29, 1.82) is 0 Å². The molecule has 0 aliphatic heterocycles. The fraction of sp³-hybridized carbons (Fsp3) is 0.400. The van der Waals surface area contributed by atoms with Gasteiger partial charge in [0, 0.05) is 19.1 Å². The van der Waals surface area contributed by atoms with E-state index < -0.39 is 24.1 Å². The summed E-state index contributed by atoms with van der Waals surface area (Å²) < 4.78 is 5.08. The largest absolute Gasteiger partial charge is 0.452 e. The molecule has 0 heterocycles. The molecule has 0 aliphatic carbocycles. The minimum atomic E-state index is -0.906. The van der Waals surface area contributed by atoms with Gasteiger partial charge in [0.15, 0.2) is 6.10 Å². The van der Waals surface area contributed by atoms with Crippen molar-refractivity contribution in [2.45, 2.75) is 25.5 Å². The lowest BCUT2D eigenvalue weighted by Crippen LogP contribution is -2.37. The number of halogens is 1. The van der Waals surface area contributed by atoms with Crippen LogP contribution in [0, 0.1) is 0 Å². The highest BCUT2D eigenvalue weighted by Crippen LogP contribution is 2.20. The summed E-state index contributed by atoms with van der Waals surface area (Å²) in [7, 11) is 3.13. The molecule has 0 fully saturated rings. The summed E-state index contributed by atoms with van der Waals surface area (Å²) in [6, 6.07) is 5.18. The standard InChI is InChI=1S/C15H20ClN3O4/c1-9(14(21)19(2)3)23-13(20)8-12(18-15(17)22)10-4-6-11(16)7-5-10/h4-7,9,12H,8H2,1-3H3,(H3,17,18,22)/t9-,12-/m0/s1. The van der Waals surface area contributed by atoms with Gasteiger partial charge in [-0.2, -0.15) is 0 Å². The van der Waals surface area contributed by atoms with Crippen LogP contribution in [0.4, 0.5) is 4.79 Å². The van der Waals surface area contributed by atoms with E-state index in [0.717, 1.165) is 0 Å². The molecule has 0 bridgehead atoms. The zero-order valence-corrected chi connectivity index (χ0v) is 14.0. The van der Waals surface area contributed by atoms with Crippen molar-refractivity contribution >= 4 is 29.5 Å². The summed E-state index contributed by atoms with van der Waals surface area (Å²) in [6.07, 6.45) is -1.06. The molecule has 7 nitrogen and oxygen atoms in total. The molecule has 0 saturated heterocycles. The lowest BCUT2D eigenvalue weighted by molar-refractivity contribution is -0.158. The molecular formula is C15H20ClN3O4. The molecule has 1 aromatic rings. The monoisotopic (exact) mass is 341 g/mol. The number of carbonyl (C=O) groups excluding carboxylic acids is 3. The number of benzene rings is 1. The zero-order valence-electron chi connectivity index (χ0n) is 13.2. The highest BCUT2D eigenvalue weighted by Gasteiger charge is 2.23. The average Bonchev–Trinajstić information content (AvgIpc) is 2.45. The van der Waals surface area contributed by atoms with E-state index in [9.17, 15) is 14.4 Å². The van der Waals surface area contributed by atoms with Crippen molar-refractivity contribution in [2.75, 3.05) is 14.1 Å². The van der Waals surface area contributed by atoms with Crippen molar-refractivity contribution < 1.29 is 19.1 Å². The second-order valence-corrected chi connectivity index (χ2v) is 5.62. The van der Waals surface area contributed by atoms with Crippen LogP contribution < -0.4 is 11.1 Å². The quantitative estimate of drug-likeness (QED) is 0.765. The summed E-state index contributed by atoms with van der Waals surface area (Å²) in [5.74, 6) is -0.953. The Morgan fingerprint density at radius 1 is 1.26 bits per heavy atom. The Kier molecular flexibility index (Phi) is 6.84. The van der Waals surface area contributed by atoms with Crippen LogP contribution in [-0.4, -0.2) is 43.0 Å². The molecule has 3 N–H and O–H groups in total. The summed E-state index contributed by atoms with van der Waals surface area (Å²) in [5.41, 5.74) is 5.79. The van der Waals surface area contributed by atoms with Gasteiger partial charge in [-0.3, -0.25) is 9.59 Å². The van der Waals surface area contributed by atoms with E-state index in [4.69, 9.17) is 22.1 Å². The lowest BCUT2D eigenvalue weighted by atomic mass is 10.0. The van der Waals surface area contributed by atoms with Crippen LogP contribution in [-0.2, 0) is 14.3 Å². The number of ether oxygens (including phenoxy) is 1. The topological polar surface area (TPSA) is 102 Å². The van der Waals surface area contributed by atoms with Crippen molar-refractivity contribution in [3.05, 3.63) is 34.9 Å². The molecule has 23 heavy (non-hydrogen) atoms. The van der Waals surface area contributed by atoms with E-state index in [-0.39, 0.29) is 12.3 Å². The molecule has 8 heteroatoms. The molecular weight excluding hydrogens is 322 g/mol. The van der Waals surface area contributed by atoms with Gasteiger partial charge in [0.2, 0.25) is 0 Å². The number of hydrogen-bond donors (Lipinski definition) is 2. The van der Waals surface area contributed by atoms with Gasteiger partial charge in [0.25, 0.3) is 5.91 Å². The Morgan fingerprint density at radius 2 is 1.83 bits per heavy atom. The van der Waals surface area contributed by atoms with Crippen LogP contribution in [0.5, 0.6) is 0 Å². The van der Waals surface area contributed by atoms with Crippen molar-refractivity contribution in [2.24, 2.45) is 5.73 Å². The Hall–Kier alpha value is -2.28. The van der Waals surface area contributed by atoms with Gasteiger partial charge < -0.3 is 20.7 Å². The maximum atomic E-state index is 12.0. The van der Waals surface area contributed by atoms with Gasteiger partial charge in [-0.25, -0.2) is 4.79 Å². The van der Waals surface area contributed by atoms with Crippen LogP contribution in [0.15, 0.2) is 24.3 Å². The molecule has 0 saturated carbocycles. The first kappa shape index (κ1) is 18.8. The summed E-state index contributed by atoms with van der Waals surface area (Å²) >= 11 is 5.82. The van der Waals surface area contributed by atoms with Gasteiger partial charge in [-0.15, -0.1) is 0 Å². The first-order valence-electron chi connectivity index (χ1n) is 6.92. The number of hydrogen-bond acceptors (Lipinski definition) is 4. The summed E-state index contributed by atoms with van der Waals surface area (Å²) in [4.78, 5) is 36.1. The maximum Gasteiger partial charge on any atom is 0.312 e. The molecule has 1 aromatic carbocycles.